The second-order valence-electron chi connectivity index (χ2n) is 3.81. The van der Waals surface area contributed by atoms with Gasteiger partial charge >= 0.3 is 0 Å². The topological polar surface area (TPSA) is 43.8 Å². The maximum Gasteiger partial charge on any atom is 0.132 e. The van der Waals surface area contributed by atoms with Crippen molar-refractivity contribution in [3.63, 3.8) is 0 Å². The molecule has 0 bridgehead atoms. The molecule has 3 nitrogen and oxygen atoms in total. The van der Waals surface area contributed by atoms with Crippen molar-refractivity contribution in [3.05, 3.63) is 33.5 Å². The van der Waals surface area contributed by atoms with Crippen LogP contribution < -0.4 is 5.73 Å². The molecule has 0 fully saturated rings. The Bertz CT molecular complexity index is 640. The van der Waals surface area contributed by atoms with Gasteiger partial charge in [-0.15, -0.1) is 6.42 Å². The van der Waals surface area contributed by atoms with Crippen LogP contribution in [0.3, 0.4) is 0 Å². The van der Waals surface area contributed by atoms with Gasteiger partial charge in [0.2, 0.25) is 0 Å². The number of terminal acetylenes is 1. The van der Waals surface area contributed by atoms with Crippen LogP contribution in [0.2, 0.25) is 5.02 Å². The highest BCUT2D eigenvalue weighted by Gasteiger charge is 2.15. The summed E-state index contributed by atoms with van der Waals surface area (Å²) < 4.78 is 2.69. The first-order valence-corrected chi connectivity index (χ1v) is 6.43. The maximum absolute atomic E-state index is 6.08. The first-order chi connectivity index (χ1) is 8.54. The Morgan fingerprint density at radius 1 is 1.56 bits per heavy atom. The Balaban J connectivity index is 2.62. The lowest BCUT2D eigenvalue weighted by Crippen LogP contribution is -2.03. The smallest absolute Gasteiger partial charge is 0.132 e. The van der Waals surface area contributed by atoms with Crippen LogP contribution in [-0.2, 0) is 6.54 Å². The van der Waals surface area contributed by atoms with Crippen LogP contribution in [0.1, 0.15) is 5.82 Å². The van der Waals surface area contributed by atoms with Crippen LogP contribution in [0.4, 0.5) is 5.82 Å². The minimum Gasteiger partial charge on any atom is -0.383 e. The Kier molecular flexibility index (Phi) is 3.65. The molecule has 2 N–H and O–H groups in total. The van der Waals surface area contributed by atoms with Gasteiger partial charge in [0, 0.05) is 15.1 Å². The van der Waals surface area contributed by atoms with Gasteiger partial charge in [0.25, 0.3) is 0 Å². The average molecular weight is 325 g/mol. The number of halogens is 2. The molecule has 1 aromatic heterocycles. The third-order valence-corrected chi connectivity index (χ3v) is 3.56. The number of nitrogen functional groups attached to an aromatic ring is 1. The Morgan fingerprint density at radius 3 is 2.94 bits per heavy atom. The minimum atomic E-state index is 0.406. The number of aromatic nitrogens is 2. The van der Waals surface area contributed by atoms with E-state index in [1.807, 2.05) is 19.1 Å². The molecule has 92 valence electrons. The van der Waals surface area contributed by atoms with Crippen molar-refractivity contribution in [3.8, 4) is 23.6 Å². The Morgan fingerprint density at radius 2 is 2.28 bits per heavy atom. The van der Waals surface area contributed by atoms with Crippen LogP contribution in [0, 0.1) is 19.3 Å². The van der Waals surface area contributed by atoms with E-state index in [1.165, 1.54) is 0 Å². The molecule has 5 heteroatoms. The number of anilines is 1. The van der Waals surface area contributed by atoms with Crippen molar-refractivity contribution in [1.82, 2.24) is 9.55 Å². The highest BCUT2D eigenvalue weighted by atomic mass is 79.9. The predicted molar refractivity (Wildman–Crippen MR) is 78.4 cm³/mol. The van der Waals surface area contributed by atoms with E-state index in [4.69, 9.17) is 23.8 Å². The predicted octanol–water partition coefficient (Wildman–Crippen LogP) is 3.49. The lowest BCUT2D eigenvalue weighted by atomic mass is 10.1. The largest absolute Gasteiger partial charge is 0.383 e. The highest BCUT2D eigenvalue weighted by molar-refractivity contribution is 9.10. The zero-order chi connectivity index (χ0) is 13.3. The van der Waals surface area contributed by atoms with Gasteiger partial charge in [0.15, 0.2) is 0 Å². The van der Waals surface area contributed by atoms with Gasteiger partial charge in [-0.05, 0) is 25.1 Å². The van der Waals surface area contributed by atoms with Crippen molar-refractivity contribution in [2.75, 3.05) is 5.73 Å². The van der Waals surface area contributed by atoms with Crippen LogP contribution in [-0.4, -0.2) is 9.55 Å². The van der Waals surface area contributed by atoms with Crippen molar-refractivity contribution >= 4 is 33.3 Å². The summed E-state index contributed by atoms with van der Waals surface area (Å²) in [5.74, 6) is 3.90. The number of nitrogens with two attached hydrogens (primary N) is 1. The number of hydrogen-bond donors (Lipinski definition) is 1. The van der Waals surface area contributed by atoms with Crippen molar-refractivity contribution in [1.29, 1.82) is 0 Å². The molecule has 1 aromatic carbocycles. The van der Waals surface area contributed by atoms with Crippen molar-refractivity contribution < 1.29 is 0 Å². The zero-order valence-corrected chi connectivity index (χ0v) is 12.1. The Hall–Kier alpha value is -1.44. The van der Waals surface area contributed by atoms with E-state index in [9.17, 15) is 0 Å². The molecule has 2 aromatic rings. The van der Waals surface area contributed by atoms with E-state index in [1.54, 1.807) is 10.6 Å². The van der Waals surface area contributed by atoms with Crippen LogP contribution in [0.5, 0.6) is 0 Å². The summed E-state index contributed by atoms with van der Waals surface area (Å²) in [6.07, 6.45) is 5.32. The molecule has 0 saturated carbocycles. The number of benzene rings is 1. The van der Waals surface area contributed by atoms with Gasteiger partial charge in [-0.25, -0.2) is 4.98 Å². The monoisotopic (exact) mass is 323 g/mol. The number of hydrogen-bond acceptors (Lipinski definition) is 2. The molecule has 0 aliphatic rings. The third-order valence-electron chi connectivity index (χ3n) is 2.63. The zero-order valence-electron chi connectivity index (χ0n) is 9.74. The van der Waals surface area contributed by atoms with Gasteiger partial charge in [0.1, 0.15) is 17.3 Å². The van der Waals surface area contributed by atoms with Gasteiger partial charge in [0.05, 0.1) is 6.54 Å². The molecule has 0 unspecified atom stereocenters. The lowest BCUT2D eigenvalue weighted by Gasteiger charge is -2.05. The average Bonchev–Trinajstić information content (AvgIpc) is 2.61. The molecule has 0 radical (unpaired) electrons. The first-order valence-electron chi connectivity index (χ1n) is 5.26. The number of imidazole rings is 1. The summed E-state index contributed by atoms with van der Waals surface area (Å²) in [6.45, 7) is 2.28. The molecule has 1 heterocycles. The summed E-state index contributed by atoms with van der Waals surface area (Å²) in [5.41, 5.74) is 7.63. The van der Waals surface area contributed by atoms with Crippen LogP contribution in [0.25, 0.3) is 11.3 Å². The fourth-order valence-corrected chi connectivity index (χ4v) is 2.36. The summed E-state index contributed by atoms with van der Waals surface area (Å²) in [4.78, 5) is 4.45. The Labute approximate surface area is 119 Å². The molecule has 0 atom stereocenters. The van der Waals surface area contributed by atoms with E-state index >= 15 is 0 Å². The fraction of sp³-hybridized carbons (Fsp3) is 0.154. The van der Waals surface area contributed by atoms with E-state index < -0.39 is 0 Å². The summed E-state index contributed by atoms with van der Waals surface area (Å²) >= 11 is 9.47. The van der Waals surface area contributed by atoms with E-state index in [0.29, 0.717) is 23.1 Å². The molecule has 0 saturated heterocycles. The van der Waals surface area contributed by atoms with Crippen LogP contribution in [0.15, 0.2) is 22.7 Å². The van der Waals surface area contributed by atoms with Gasteiger partial charge in [-0.1, -0.05) is 33.5 Å². The normalized spacial score (nSPS) is 10.3. The second-order valence-corrected chi connectivity index (χ2v) is 5.10. The molecular weight excluding hydrogens is 314 g/mol. The first kappa shape index (κ1) is 13.0. The quantitative estimate of drug-likeness (QED) is 0.859. The highest BCUT2D eigenvalue weighted by Crippen LogP contribution is 2.34. The molecule has 0 spiro atoms. The molecule has 2 rings (SSSR count). The SMILES string of the molecule is C#CCn1c(C)nc(-c2cc(Cl)ccc2Br)c1N. The number of aryl methyl sites for hydroxylation is 1. The van der Waals surface area contributed by atoms with Crippen LogP contribution >= 0.6 is 27.5 Å². The standard InChI is InChI=1S/C13H11BrClN3/c1-3-6-18-8(2)17-12(13(18)16)10-7-9(15)4-5-11(10)14/h1,4-5,7H,6,16H2,2H3. The van der Waals surface area contributed by atoms with Crippen molar-refractivity contribution in [2.24, 2.45) is 0 Å². The number of nitrogens with zero attached hydrogens (tertiary/aromatic N) is 2. The van der Waals surface area contributed by atoms with Gasteiger partial charge in [-0.2, -0.15) is 0 Å². The molecule has 0 aliphatic carbocycles. The molecule has 0 amide bonds. The molecule has 18 heavy (non-hydrogen) atoms. The minimum absolute atomic E-state index is 0.406. The molecule has 0 aliphatic heterocycles. The summed E-state index contributed by atoms with van der Waals surface area (Å²) in [7, 11) is 0. The number of rotatable bonds is 2. The summed E-state index contributed by atoms with van der Waals surface area (Å²) in [5, 5.41) is 0.636. The van der Waals surface area contributed by atoms with E-state index in [0.717, 1.165) is 15.9 Å². The fourth-order valence-electron chi connectivity index (χ4n) is 1.75. The van der Waals surface area contributed by atoms with Gasteiger partial charge < -0.3 is 10.3 Å². The third kappa shape index (κ3) is 2.24. The maximum atomic E-state index is 6.08. The lowest BCUT2D eigenvalue weighted by molar-refractivity contribution is 0.807. The summed E-state index contributed by atoms with van der Waals surface area (Å²) in [6, 6.07) is 5.49. The van der Waals surface area contributed by atoms with E-state index in [2.05, 4.69) is 26.8 Å². The second kappa shape index (κ2) is 5.05. The van der Waals surface area contributed by atoms with E-state index in [-0.39, 0.29) is 0 Å². The van der Waals surface area contributed by atoms with Crippen molar-refractivity contribution in [2.45, 2.75) is 13.5 Å². The van der Waals surface area contributed by atoms with Gasteiger partial charge in [-0.3, -0.25) is 0 Å². The molecular formula is C13H11BrClN3.